The van der Waals surface area contributed by atoms with Gasteiger partial charge in [-0.15, -0.1) is 0 Å². The van der Waals surface area contributed by atoms with E-state index in [1.807, 2.05) is 36.3 Å². The van der Waals surface area contributed by atoms with Gasteiger partial charge >= 0.3 is 5.97 Å². The topological polar surface area (TPSA) is 49.8 Å². The van der Waals surface area contributed by atoms with E-state index >= 15 is 0 Å². The van der Waals surface area contributed by atoms with E-state index in [1.54, 1.807) is 18.2 Å². The molecule has 2 aromatic rings. The third-order valence-corrected chi connectivity index (χ3v) is 4.56. The third-order valence-electron chi connectivity index (χ3n) is 4.56. The Balaban J connectivity index is 2.42. The van der Waals surface area contributed by atoms with Crippen LogP contribution in [0.25, 0.3) is 0 Å². The van der Waals surface area contributed by atoms with Crippen LogP contribution < -0.4 is 0 Å². The smallest absolute Gasteiger partial charge is 0.335 e. The maximum absolute atomic E-state index is 11.4. The summed E-state index contributed by atoms with van der Waals surface area (Å²) in [7, 11) is 0. The molecule has 0 heterocycles. The molecule has 0 aromatic heterocycles. The number of aromatic carboxylic acids is 1. The Bertz CT molecular complexity index is 750. The zero-order valence-electron chi connectivity index (χ0n) is 17.1. The van der Waals surface area contributed by atoms with Crippen LogP contribution in [0.3, 0.4) is 0 Å². The van der Waals surface area contributed by atoms with Crippen LogP contribution in [0.1, 0.15) is 75.2 Å². The molecule has 0 radical (unpaired) electrons. The van der Waals surface area contributed by atoms with E-state index in [0.717, 1.165) is 11.1 Å². The highest BCUT2D eigenvalue weighted by molar-refractivity contribution is 5.87. The summed E-state index contributed by atoms with van der Waals surface area (Å²) in [6.45, 7) is 12.6. The Hall–Kier alpha value is -2.17. The van der Waals surface area contributed by atoms with Crippen LogP contribution in [0.4, 0.5) is 0 Å². The van der Waals surface area contributed by atoms with Crippen molar-refractivity contribution in [2.75, 3.05) is 0 Å². The number of hydroxylamine groups is 2. The largest absolute Gasteiger partial charge is 0.478 e. The predicted octanol–water partition coefficient (Wildman–Crippen LogP) is 5.88. The van der Waals surface area contributed by atoms with Gasteiger partial charge in [0.05, 0.1) is 11.6 Å². The summed E-state index contributed by atoms with van der Waals surface area (Å²) < 4.78 is 0. The van der Waals surface area contributed by atoms with E-state index in [4.69, 9.17) is 4.84 Å². The summed E-state index contributed by atoms with van der Waals surface area (Å²) >= 11 is 0. The van der Waals surface area contributed by atoms with Crippen LogP contribution in [-0.4, -0.2) is 21.7 Å². The first kappa shape index (κ1) is 21.1. The number of carboxylic acids is 1. The van der Waals surface area contributed by atoms with Gasteiger partial charge in [0.1, 0.15) is 6.10 Å². The lowest BCUT2D eigenvalue weighted by atomic mass is 9.91. The van der Waals surface area contributed by atoms with Gasteiger partial charge in [-0.1, -0.05) is 56.3 Å². The molecule has 0 aliphatic rings. The lowest BCUT2D eigenvalue weighted by Gasteiger charge is -2.44. The summed E-state index contributed by atoms with van der Waals surface area (Å²) in [6, 6.07) is 17.2. The molecule has 0 saturated heterocycles. The molecule has 2 aromatic carbocycles. The second kappa shape index (κ2) is 8.68. The fourth-order valence-corrected chi connectivity index (χ4v) is 3.24. The molecule has 0 amide bonds. The normalized spacial score (nSPS) is 14.4. The Kier molecular flexibility index (Phi) is 6.79. The van der Waals surface area contributed by atoms with Crippen molar-refractivity contribution >= 4 is 5.97 Å². The van der Waals surface area contributed by atoms with Crippen molar-refractivity contribution in [2.45, 2.75) is 59.2 Å². The zero-order chi connectivity index (χ0) is 20.2. The molecule has 2 rings (SSSR count). The Labute approximate surface area is 162 Å². The van der Waals surface area contributed by atoms with Crippen LogP contribution in [0.2, 0.25) is 0 Å². The van der Waals surface area contributed by atoms with Gasteiger partial charge in [0.15, 0.2) is 0 Å². The lowest BCUT2D eigenvalue weighted by molar-refractivity contribution is -0.272. The Morgan fingerprint density at radius 1 is 0.963 bits per heavy atom. The summed E-state index contributed by atoms with van der Waals surface area (Å²) in [5.74, 6) is -0.684. The minimum absolute atomic E-state index is 0.0736. The number of rotatable bonds is 7. The minimum atomic E-state index is -0.916. The number of benzene rings is 2. The van der Waals surface area contributed by atoms with Crippen LogP contribution in [0.5, 0.6) is 0 Å². The minimum Gasteiger partial charge on any atom is -0.478 e. The summed E-state index contributed by atoms with van der Waals surface area (Å²) in [5.41, 5.74) is 2.08. The highest BCUT2D eigenvalue weighted by Gasteiger charge is 2.35. The molecule has 27 heavy (non-hydrogen) atoms. The molecule has 0 aliphatic carbocycles. The van der Waals surface area contributed by atoms with E-state index in [1.165, 1.54) is 0 Å². The molecule has 0 spiro atoms. The highest BCUT2D eigenvalue weighted by atomic mass is 16.7. The number of carbonyl (C=O) groups is 1. The molecule has 4 heteroatoms. The van der Waals surface area contributed by atoms with Crippen molar-refractivity contribution in [2.24, 2.45) is 5.92 Å². The van der Waals surface area contributed by atoms with Gasteiger partial charge < -0.3 is 5.11 Å². The fourth-order valence-electron chi connectivity index (χ4n) is 3.24. The summed E-state index contributed by atoms with van der Waals surface area (Å²) in [5, 5.41) is 11.4. The SMILES string of the molecule is CC(ON(C(c1cccc(C(=O)O)c1)C(C)C)C(C)(C)C)c1ccccc1. The van der Waals surface area contributed by atoms with Crippen molar-refractivity contribution < 1.29 is 14.7 Å². The zero-order valence-corrected chi connectivity index (χ0v) is 17.1. The molecule has 0 fully saturated rings. The quantitative estimate of drug-likeness (QED) is 0.620. The summed E-state index contributed by atoms with van der Waals surface area (Å²) in [4.78, 5) is 17.9. The maximum atomic E-state index is 11.4. The standard InChI is InChI=1S/C23H31NO3/c1-16(2)21(19-13-10-14-20(15-19)22(25)26)24(23(4,5)6)27-17(3)18-11-8-7-9-12-18/h7-17,21H,1-6H3,(H,25,26). The molecule has 4 nitrogen and oxygen atoms in total. The third kappa shape index (κ3) is 5.41. The molecule has 0 saturated carbocycles. The van der Waals surface area contributed by atoms with E-state index in [0.29, 0.717) is 5.56 Å². The Morgan fingerprint density at radius 2 is 1.56 bits per heavy atom. The molecule has 2 atom stereocenters. The van der Waals surface area contributed by atoms with Gasteiger partial charge in [-0.05, 0) is 56.9 Å². The first-order chi connectivity index (χ1) is 12.6. The molecule has 146 valence electrons. The average Bonchev–Trinajstić information content (AvgIpc) is 2.61. The average molecular weight is 370 g/mol. The summed E-state index contributed by atoms with van der Waals surface area (Å²) in [6.07, 6.45) is -0.116. The van der Waals surface area contributed by atoms with E-state index in [9.17, 15) is 9.90 Å². The van der Waals surface area contributed by atoms with Crippen molar-refractivity contribution in [1.29, 1.82) is 0 Å². The van der Waals surface area contributed by atoms with Crippen LogP contribution in [0.15, 0.2) is 54.6 Å². The van der Waals surface area contributed by atoms with Gasteiger partial charge in [-0.2, -0.15) is 5.06 Å². The number of hydrogen-bond donors (Lipinski definition) is 1. The predicted molar refractivity (Wildman–Crippen MR) is 109 cm³/mol. The van der Waals surface area contributed by atoms with Gasteiger partial charge in [0.2, 0.25) is 0 Å². The number of carboxylic acid groups (broad SMARTS) is 1. The number of hydrogen-bond acceptors (Lipinski definition) is 3. The van der Waals surface area contributed by atoms with E-state index in [-0.39, 0.29) is 23.6 Å². The maximum Gasteiger partial charge on any atom is 0.335 e. The monoisotopic (exact) mass is 369 g/mol. The second-order valence-corrected chi connectivity index (χ2v) is 8.27. The number of nitrogens with zero attached hydrogens (tertiary/aromatic N) is 1. The van der Waals surface area contributed by atoms with Crippen molar-refractivity contribution in [1.82, 2.24) is 5.06 Å². The fraction of sp³-hybridized carbons (Fsp3) is 0.435. The van der Waals surface area contributed by atoms with Crippen molar-refractivity contribution in [3.05, 3.63) is 71.3 Å². The van der Waals surface area contributed by atoms with Gasteiger partial charge in [0, 0.05) is 5.54 Å². The van der Waals surface area contributed by atoms with Crippen molar-refractivity contribution in [3.63, 3.8) is 0 Å². The van der Waals surface area contributed by atoms with Gasteiger partial charge in [-0.25, -0.2) is 4.79 Å². The molecule has 0 aliphatic heterocycles. The molecule has 1 N–H and O–H groups in total. The Morgan fingerprint density at radius 3 is 2.07 bits per heavy atom. The van der Waals surface area contributed by atoms with Crippen molar-refractivity contribution in [3.8, 4) is 0 Å². The van der Waals surface area contributed by atoms with Crippen LogP contribution in [-0.2, 0) is 4.84 Å². The molecule has 2 unspecified atom stereocenters. The molecule has 0 bridgehead atoms. The lowest BCUT2D eigenvalue weighted by Crippen LogP contribution is -2.46. The first-order valence-electron chi connectivity index (χ1n) is 9.45. The van der Waals surface area contributed by atoms with Gasteiger partial charge in [-0.3, -0.25) is 4.84 Å². The highest BCUT2D eigenvalue weighted by Crippen LogP contribution is 2.37. The van der Waals surface area contributed by atoms with E-state index < -0.39 is 5.97 Å². The van der Waals surface area contributed by atoms with Crippen LogP contribution in [0, 0.1) is 5.92 Å². The van der Waals surface area contributed by atoms with Crippen LogP contribution >= 0.6 is 0 Å². The second-order valence-electron chi connectivity index (χ2n) is 8.27. The van der Waals surface area contributed by atoms with E-state index in [2.05, 4.69) is 46.8 Å². The molecular weight excluding hydrogens is 338 g/mol. The van der Waals surface area contributed by atoms with Gasteiger partial charge in [0.25, 0.3) is 0 Å². The first-order valence-corrected chi connectivity index (χ1v) is 9.45. The molecular formula is C23H31NO3.